The van der Waals surface area contributed by atoms with E-state index in [1.807, 2.05) is 7.05 Å². The average Bonchev–Trinajstić information content (AvgIpc) is 3.02. The van der Waals surface area contributed by atoms with Gasteiger partial charge in [-0.05, 0) is 26.8 Å². The van der Waals surface area contributed by atoms with E-state index in [1.54, 1.807) is 4.90 Å². The van der Waals surface area contributed by atoms with Crippen molar-refractivity contribution in [1.82, 2.24) is 24.6 Å². The molecule has 1 fully saturated rings. The lowest BCUT2D eigenvalue weighted by molar-refractivity contribution is -0.158. The Morgan fingerprint density at radius 2 is 1.88 bits per heavy atom. The Kier molecular flexibility index (Phi) is 6.35. The maximum atomic E-state index is 12.9. The van der Waals surface area contributed by atoms with E-state index in [-0.39, 0.29) is 18.4 Å². The lowest BCUT2D eigenvalue weighted by atomic mass is 9.89. The van der Waals surface area contributed by atoms with Crippen LogP contribution in [-0.4, -0.2) is 79.4 Å². The number of carbonyl (C=O) groups excluding carboxylic acids is 1. The van der Waals surface area contributed by atoms with E-state index >= 15 is 0 Å². The van der Waals surface area contributed by atoms with E-state index in [2.05, 4.69) is 40.4 Å². The van der Waals surface area contributed by atoms with Crippen LogP contribution < -0.4 is 0 Å². The van der Waals surface area contributed by atoms with Crippen LogP contribution in [0.1, 0.15) is 57.2 Å². The lowest BCUT2D eigenvalue weighted by Gasteiger charge is -2.41. The van der Waals surface area contributed by atoms with Crippen LogP contribution in [0, 0.1) is 0 Å². The zero-order valence-electron chi connectivity index (χ0n) is 15.9. The highest BCUT2D eigenvalue weighted by atomic mass is 16.3. The van der Waals surface area contributed by atoms with Gasteiger partial charge in [0.1, 0.15) is 11.4 Å². The van der Waals surface area contributed by atoms with E-state index in [0.29, 0.717) is 31.8 Å². The van der Waals surface area contributed by atoms with Crippen LogP contribution in [0.25, 0.3) is 0 Å². The number of fused-ring (bicyclic) bond motifs is 1. The summed E-state index contributed by atoms with van der Waals surface area (Å²) in [6.07, 6.45) is 0.994. The minimum absolute atomic E-state index is 0.130. The molecule has 1 atom stereocenters. The third-order valence-electron chi connectivity index (χ3n) is 5.07. The number of piperidine rings is 1. The van der Waals surface area contributed by atoms with Gasteiger partial charge in [0.15, 0.2) is 5.82 Å². The highest BCUT2D eigenvalue weighted by Crippen LogP contribution is 2.29. The molecule has 1 amide bonds. The summed E-state index contributed by atoms with van der Waals surface area (Å²) in [5.74, 6) is 1.94. The summed E-state index contributed by atoms with van der Waals surface area (Å²) in [6.45, 7) is 8.56. The number of aliphatic hydroxyl groups is 1. The standard InChI is InChI=1S/C16H27N5O2.CH2O2/c1-11(2)14-18-17-13-10-20(9-12(3)21(13)14)15(22)16(23)5-7-19(4)8-6-16;2-1-3/h11-12,23H,5-10H2,1-4H3;1H,(H,2,3)/t12-;/m0./s1. The van der Waals surface area contributed by atoms with Crippen molar-refractivity contribution < 1.29 is 19.8 Å². The number of hydrogen-bond donors (Lipinski definition) is 2. The number of likely N-dealkylation sites (tertiary alicyclic amines) is 1. The van der Waals surface area contributed by atoms with Crippen LogP contribution in [0.2, 0.25) is 0 Å². The summed E-state index contributed by atoms with van der Waals surface area (Å²) >= 11 is 0. The second-order valence-electron chi connectivity index (χ2n) is 7.47. The van der Waals surface area contributed by atoms with E-state index in [0.717, 1.165) is 24.7 Å². The molecule has 0 saturated carbocycles. The van der Waals surface area contributed by atoms with E-state index in [9.17, 15) is 9.90 Å². The highest BCUT2D eigenvalue weighted by molar-refractivity contribution is 5.85. The largest absolute Gasteiger partial charge is 0.483 e. The fourth-order valence-electron chi connectivity index (χ4n) is 3.61. The Bertz CT molecular complexity index is 637. The summed E-state index contributed by atoms with van der Waals surface area (Å²) in [7, 11) is 2.02. The minimum Gasteiger partial charge on any atom is -0.483 e. The van der Waals surface area contributed by atoms with Gasteiger partial charge in [-0.3, -0.25) is 9.59 Å². The van der Waals surface area contributed by atoms with Crippen molar-refractivity contribution >= 4 is 12.4 Å². The molecule has 26 heavy (non-hydrogen) atoms. The third-order valence-corrected chi connectivity index (χ3v) is 5.07. The first kappa shape index (κ1) is 20.3. The van der Waals surface area contributed by atoms with Crippen molar-refractivity contribution in [2.75, 3.05) is 26.7 Å². The summed E-state index contributed by atoms with van der Waals surface area (Å²) in [6, 6.07) is 0.130. The molecule has 2 aliphatic heterocycles. The van der Waals surface area contributed by atoms with Crippen molar-refractivity contribution in [3.8, 4) is 0 Å². The van der Waals surface area contributed by atoms with Crippen LogP contribution >= 0.6 is 0 Å². The lowest BCUT2D eigenvalue weighted by Crippen LogP contribution is -2.56. The van der Waals surface area contributed by atoms with Gasteiger partial charge in [-0.1, -0.05) is 13.8 Å². The topological polar surface area (TPSA) is 112 Å². The van der Waals surface area contributed by atoms with Gasteiger partial charge >= 0.3 is 0 Å². The van der Waals surface area contributed by atoms with Crippen LogP contribution in [-0.2, 0) is 16.1 Å². The molecular weight excluding hydrogens is 338 g/mol. The number of carboxylic acid groups (broad SMARTS) is 1. The third kappa shape index (κ3) is 4.04. The zero-order valence-corrected chi connectivity index (χ0v) is 15.9. The second kappa shape index (κ2) is 8.13. The Morgan fingerprint density at radius 1 is 1.31 bits per heavy atom. The Balaban J connectivity index is 0.000000758. The van der Waals surface area contributed by atoms with Crippen molar-refractivity contribution in [1.29, 1.82) is 0 Å². The molecule has 2 aliphatic rings. The van der Waals surface area contributed by atoms with Gasteiger partial charge < -0.3 is 24.6 Å². The minimum atomic E-state index is -1.23. The van der Waals surface area contributed by atoms with Gasteiger partial charge in [0, 0.05) is 25.6 Å². The first-order chi connectivity index (χ1) is 12.2. The van der Waals surface area contributed by atoms with Crippen LogP contribution in [0.3, 0.4) is 0 Å². The molecule has 3 heterocycles. The number of amides is 1. The van der Waals surface area contributed by atoms with Gasteiger partial charge in [0.25, 0.3) is 12.4 Å². The van der Waals surface area contributed by atoms with Crippen molar-refractivity contribution in [2.24, 2.45) is 0 Å². The normalized spacial score (nSPS) is 22.4. The molecule has 9 heteroatoms. The highest BCUT2D eigenvalue weighted by Gasteiger charge is 2.43. The molecule has 0 bridgehead atoms. The molecule has 1 aromatic heterocycles. The van der Waals surface area contributed by atoms with E-state index < -0.39 is 5.60 Å². The van der Waals surface area contributed by atoms with Gasteiger partial charge in [-0.25, -0.2) is 0 Å². The van der Waals surface area contributed by atoms with Crippen molar-refractivity contribution in [3.05, 3.63) is 11.6 Å². The monoisotopic (exact) mass is 367 g/mol. The number of nitrogens with zero attached hydrogens (tertiary/aromatic N) is 5. The van der Waals surface area contributed by atoms with Gasteiger partial charge in [0.05, 0.1) is 12.6 Å². The first-order valence-electron chi connectivity index (χ1n) is 8.95. The van der Waals surface area contributed by atoms with E-state index in [4.69, 9.17) is 9.90 Å². The predicted molar refractivity (Wildman–Crippen MR) is 94.6 cm³/mol. The number of hydrogen-bond acceptors (Lipinski definition) is 6. The van der Waals surface area contributed by atoms with Crippen LogP contribution in [0.4, 0.5) is 0 Å². The number of carbonyl (C=O) groups is 2. The molecule has 0 aliphatic carbocycles. The Morgan fingerprint density at radius 3 is 2.42 bits per heavy atom. The molecule has 2 N–H and O–H groups in total. The number of rotatable bonds is 2. The summed E-state index contributed by atoms with van der Waals surface area (Å²) in [5.41, 5.74) is -1.23. The van der Waals surface area contributed by atoms with E-state index in [1.165, 1.54) is 0 Å². The molecule has 0 spiro atoms. The van der Waals surface area contributed by atoms with Crippen LogP contribution in [0.5, 0.6) is 0 Å². The summed E-state index contributed by atoms with van der Waals surface area (Å²) in [4.78, 5) is 25.1. The number of aromatic nitrogens is 3. The predicted octanol–water partition coefficient (Wildman–Crippen LogP) is 0.462. The Hall–Kier alpha value is -2.00. The molecular formula is C17H29N5O4. The van der Waals surface area contributed by atoms with Gasteiger partial charge in [-0.15, -0.1) is 10.2 Å². The molecule has 0 aromatic carbocycles. The quantitative estimate of drug-likeness (QED) is 0.731. The Labute approximate surface area is 153 Å². The first-order valence-corrected chi connectivity index (χ1v) is 8.95. The summed E-state index contributed by atoms with van der Waals surface area (Å²) in [5, 5.41) is 26.2. The molecule has 1 saturated heterocycles. The maximum Gasteiger partial charge on any atom is 0.290 e. The fourth-order valence-corrected chi connectivity index (χ4v) is 3.61. The molecule has 9 nitrogen and oxygen atoms in total. The molecule has 0 unspecified atom stereocenters. The summed E-state index contributed by atoms with van der Waals surface area (Å²) < 4.78 is 2.15. The van der Waals surface area contributed by atoms with Crippen molar-refractivity contribution in [3.63, 3.8) is 0 Å². The smallest absolute Gasteiger partial charge is 0.290 e. The molecule has 0 radical (unpaired) electrons. The second-order valence-corrected chi connectivity index (χ2v) is 7.47. The SMILES string of the molecule is CC(C)c1nnc2n1[C@@H](C)CN(C(=O)C1(O)CCN(C)CC1)C2.O=CO. The van der Waals surface area contributed by atoms with Gasteiger partial charge in [0.2, 0.25) is 0 Å². The molecule has 3 rings (SSSR count). The van der Waals surface area contributed by atoms with Crippen molar-refractivity contribution in [2.45, 2.75) is 57.7 Å². The fraction of sp³-hybridized carbons (Fsp3) is 0.765. The maximum absolute atomic E-state index is 12.9. The van der Waals surface area contributed by atoms with Crippen LogP contribution in [0.15, 0.2) is 0 Å². The van der Waals surface area contributed by atoms with Gasteiger partial charge in [-0.2, -0.15) is 0 Å². The molecule has 1 aromatic rings. The zero-order chi connectivity index (χ0) is 19.5. The average molecular weight is 367 g/mol. The molecule has 146 valence electrons.